The smallest absolute Gasteiger partial charge is 0.0589 e. The van der Waals surface area contributed by atoms with Crippen LogP contribution in [0.5, 0.6) is 0 Å². The monoisotopic (exact) mass is 217 g/mol. The average Bonchev–Trinajstić information content (AvgIpc) is 2.91. The lowest BCUT2D eigenvalue weighted by molar-refractivity contribution is 0.0779. The van der Waals surface area contributed by atoms with Crippen molar-refractivity contribution in [1.82, 2.24) is 4.90 Å². The fourth-order valence-electron chi connectivity index (χ4n) is 3.48. The number of nitrogens with zero attached hydrogens (tertiary/aromatic N) is 1. The number of piperidine rings is 1. The van der Waals surface area contributed by atoms with Crippen molar-refractivity contribution in [2.75, 3.05) is 6.61 Å². The van der Waals surface area contributed by atoms with Gasteiger partial charge in [-0.25, -0.2) is 0 Å². The molecule has 2 bridgehead atoms. The van der Waals surface area contributed by atoms with Gasteiger partial charge in [0.05, 0.1) is 6.61 Å². The molecule has 2 nitrogen and oxygen atoms in total. The molecule has 2 heteroatoms. The van der Waals surface area contributed by atoms with Crippen LogP contribution in [0.25, 0.3) is 0 Å². The molecule has 0 unspecified atom stereocenters. The van der Waals surface area contributed by atoms with Gasteiger partial charge in [-0.1, -0.05) is 30.3 Å². The largest absolute Gasteiger partial charge is 0.395 e. The first-order chi connectivity index (χ1) is 7.88. The lowest BCUT2D eigenvalue weighted by Crippen LogP contribution is -2.42. The van der Waals surface area contributed by atoms with Crippen molar-refractivity contribution in [3.8, 4) is 0 Å². The first kappa shape index (κ1) is 10.3. The number of rotatable bonds is 3. The van der Waals surface area contributed by atoms with Gasteiger partial charge in [0, 0.05) is 18.6 Å². The van der Waals surface area contributed by atoms with Crippen LogP contribution in [0.2, 0.25) is 0 Å². The number of hydrogen-bond acceptors (Lipinski definition) is 2. The zero-order valence-electron chi connectivity index (χ0n) is 9.55. The lowest BCUT2D eigenvalue weighted by Gasteiger charge is -2.34. The van der Waals surface area contributed by atoms with Crippen LogP contribution in [0.4, 0.5) is 0 Å². The highest BCUT2D eigenvalue weighted by Gasteiger charge is 2.44. The van der Waals surface area contributed by atoms with Gasteiger partial charge in [-0.3, -0.25) is 4.90 Å². The van der Waals surface area contributed by atoms with Gasteiger partial charge in [-0.15, -0.1) is 0 Å². The minimum Gasteiger partial charge on any atom is -0.395 e. The normalized spacial score (nSPS) is 33.4. The summed E-state index contributed by atoms with van der Waals surface area (Å²) in [5.74, 6) is 0.749. The Hall–Kier alpha value is -0.860. The van der Waals surface area contributed by atoms with E-state index in [1.54, 1.807) is 0 Å². The first-order valence-electron chi connectivity index (χ1n) is 6.29. The van der Waals surface area contributed by atoms with Crippen LogP contribution in [-0.2, 0) is 6.54 Å². The first-order valence-corrected chi connectivity index (χ1v) is 6.29. The maximum Gasteiger partial charge on any atom is 0.0589 e. The van der Waals surface area contributed by atoms with Gasteiger partial charge in [0.1, 0.15) is 0 Å². The summed E-state index contributed by atoms with van der Waals surface area (Å²) < 4.78 is 0. The predicted molar refractivity (Wildman–Crippen MR) is 64.0 cm³/mol. The van der Waals surface area contributed by atoms with Crippen molar-refractivity contribution < 1.29 is 5.11 Å². The van der Waals surface area contributed by atoms with Gasteiger partial charge in [-0.2, -0.15) is 0 Å². The second-order valence-corrected chi connectivity index (χ2v) is 5.13. The van der Waals surface area contributed by atoms with Gasteiger partial charge in [0.15, 0.2) is 0 Å². The fourth-order valence-corrected chi connectivity index (χ4v) is 3.48. The summed E-state index contributed by atoms with van der Waals surface area (Å²) in [6, 6.07) is 11.8. The Balaban J connectivity index is 1.75. The fraction of sp³-hybridized carbons (Fsp3) is 0.571. The lowest BCUT2D eigenvalue weighted by atomic mass is 9.99. The van der Waals surface area contributed by atoms with Crippen LogP contribution < -0.4 is 0 Å². The van der Waals surface area contributed by atoms with Crippen LogP contribution in [0.1, 0.15) is 24.8 Å². The Morgan fingerprint density at radius 2 is 2.00 bits per heavy atom. The van der Waals surface area contributed by atoms with Crippen LogP contribution in [0, 0.1) is 5.92 Å². The minimum absolute atomic E-state index is 0.327. The van der Waals surface area contributed by atoms with Crippen LogP contribution in [0.15, 0.2) is 30.3 Å². The van der Waals surface area contributed by atoms with E-state index in [1.807, 2.05) is 0 Å². The zero-order chi connectivity index (χ0) is 11.0. The number of benzene rings is 1. The van der Waals surface area contributed by atoms with Crippen molar-refractivity contribution in [2.24, 2.45) is 5.92 Å². The summed E-state index contributed by atoms with van der Waals surface area (Å²) >= 11 is 0. The molecule has 0 aromatic heterocycles. The van der Waals surface area contributed by atoms with E-state index in [1.165, 1.54) is 24.8 Å². The van der Waals surface area contributed by atoms with Crippen LogP contribution >= 0.6 is 0 Å². The average molecular weight is 217 g/mol. The summed E-state index contributed by atoms with van der Waals surface area (Å²) in [7, 11) is 0. The Morgan fingerprint density at radius 3 is 2.75 bits per heavy atom. The number of likely N-dealkylation sites (tertiary alicyclic amines) is 1. The molecule has 1 aliphatic heterocycles. The molecule has 3 atom stereocenters. The van der Waals surface area contributed by atoms with Gasteiger partial charge in [-0.05, 0) is 30.7 Å². The highest BCUT2D eigenvalue weighted by Crippen LogP contribution is 2.42. The number of fused-ring (bicyclic) bond motifs is 2. The molecule has 1 saturated heterocycles. The second-order valence-electron chi connectivity index (χ2n) is 5.13. The van der Waals surface area contributed by atoms with E-state index in [0.29, 0.717) is 12.6 Å². The van der Waals surface area contributed by atoms with Crippen molar-refractivity contribution in [3.05, 3.63) is 35.9 Å². The molecule has 86 valence electrons. The molecule has 1 saturated carbocycles. The Labute approximate surface area is 96.9 Å². The van der Waals surface area contributed by atoms with E-state index >= 15 is 0 Å². The van der Waals surface area contributed by atoms with E-state index in [9.17, 15) is 5.11 Å². The van der Waals surface area contributed by atoms with Crippen molar-refractivity contribution >= 4 is 0 Å². The standard InChI is InChI=1S/C14H19NO/c16-10-14-12-6-7-13(8-12)15(14)9-11-4-2-1-3-5-11/h1-5,12-14,16H,6-10H2/t12-,13+,14-/m1/s1. The molecule has 1 aromatic carbocycles. The highest BCUT2D eigenvalue weighted by atomic mass is 16.3. The topological polar surface area (TPSA) is 23.5 Å². The Kier molecular flexibility index (Phi) is 2.70. The molecule has 2 aliphatic rings. The van der Waals surface area contributed by atoms with Crippen LogP contribution in [0.3, 0.4) is 0 Å². The van der Waals surface area contributed by atoms with Gasteiger partial charge in [0.25, 0.3) is 0 Å². The van der Waals surface area contributed by atoms with E-state index in [-0.39, 0.29) is 0 Å². The molecule has 1 aliphatic carbocycles. The molecule has 0 radical (unpaired) electrons. The van der Waals surface area contributed by atoms with E-state index < -0.39 is 0 Å². The zero-order valence-corrected chi connectivity index (χ0v) is 9.55. The SMILES string of the molecule is OC[C@@H]1[C@@H]2CC[C@@H](C2)N1Cc1ccccc1. The van der Waals surface area contributed by atoms with E-state index in [0.717, 1.165) is 18.5 Å². The molecular formula is C14H19NO. The highest BCUT2D eigenvalue weighted by molar-refractivity contribution is 5.16. The van der Waals surface area contributed by atoms with Crippen molar-refractivity contribution in [1.29, 1.82) is 0 Å². The Bertz CT molecular complexity index is 351. The quantitative estimate of drug-likeness (QED) is 0.837. The molecule has 3 rings (SSSR count). The summed E-state index contributed by atoms with van der Waals surface area (Å²) in [5, 5.41) is 9.49. The summed E-state index contributed by atoms with van der Waals surface area (Å²) in [5.41, 5.74) is 1.37. The molecule has 1 aromatic rings. The number of aliphatic hydroxyl groups excluding tert-OH is 1. The summed E-state index contributed by atoms with van der Waals surface area (Å²) in [6.07, 6.45) is 3.95. The molecule has 0 spiro atoms. The minimum atomic E-state index is 0.327. The van der Waals surface area contributed by atoms with Crippen LogP contribution in [-0.4, -0.2) is 28.7 Å². The molecule has 1 N–H and O–H groups in total. The summed E-state index contributed by atoms with van der Waals surface area (Å²) in [4.78, 5) is 2.52. The van der Waals surface area contributed by atoms with E-state index in [2.05, 4.69) is 35.2 Å². The number of hydrogen-bond donors (Lipinski definition) is 1. The maximum atomic E-state index is 9.49. The number of aliphatic hydroxyl groups is 1. The molecule has 1 heterocycles. The Morgan fingerprint density at radius 1 is 1.19 bits per heavy atom. The predicted octanol–water partition coefficient (Wildman–Crippen LogP) is 2.03. The maximum absolute atomic E-state index is 9.49. The molecule has 16 heavy (non-hydrogen) atoms. The van der Waals surface area contributed by atoms with Gasteiger partial charge >= 0.3 is 0 Å². The molecule has 0 amide bonds. The third-order valence-electron chi connectivity index (χ3n) is 4.28. The van der Waals surface area contributed by atoms with Gasteiger partial charge in [0.2, 0.25) is 0 Å². The molecular weight excluding hydrogens is 198 g/mol. The van der Waals surface area contributed by atoms with Crippen molar-refractivity contribution in [2.45, 2.75) is 37.9 Å². The van der Waals surface area contributed by atoms with Crippen molar-refractivity contribution in [3.63, 3.8) is 0 Å². The van der Waals surface area contributed by atoms with E-state index in [4.69, 9.17) is 0 Å². The van der Waals surface area contributed by atoms with Gasteiger partial charge < -0.3 is 5.11 Å². The second kappa shape index (κ2) is 4.19. The third-order valence-corrected chi connectivity index (χ3v) is 4.28. The third kappa shape index (κ3) is 1.66. The molecule has 2 fully saturated rings. The summed E-state index contributed by atoms with van der Waals surface area (Å²) in [6.45, 7) is 1.33.